The molecule has 0 aliphatic carbocycles. The minimum atomic E-state index is -4.83. The molecule has 0 saturated heterocycles. The molecule has 0 amide bonds. The van der Waals surface area contributed by atoms with E-state index in [4.69, 9.17) is 21.1 Å². The maximum atomic E-state index is 12.6. The van der Waals surface area contributed by atoms with Gasteiger partial charge in [-0.15, -0.1) is 0 Å². The monoisotopic (exact) mass is 364 g/mol. The Balaban J connectivity index is 2.64. The maximum Gasteiger partial charge on any atom is 0.431 e. The molecule has 0 spiro atoms. The molecular formula is C14H12ClF3N2O4. The Morgan fingerprint density at radius 1 is 1.17 bits per heavy atom. The molecule has 1 heterocycles. The highest BCUT2D eigenvalue weighted by Gasteiger charge is 2.33. The summed E-state index contributed by atoms with van der Waals surface area (Å²) >= 11 is 6.02. The van der Waals surface area contributed by atoms with Crippen LogP contribution in [0, 0.1) is 0 Å². The minimum Gasteiger partial charge on any atom is -0.352 e. The van der Waals surface area contributed by atoms with Crippen LogP contribution in [0.15, 0.2) is 33.9 Å². The molecule has 0 bridgehead atoms. The lowest BCUT2D eigenvalue weighted by Gasteiger charge is -2.16. The summed E-state index contributed by atoms with van der Waals surface area (Å²) in [5.74, 6) is 0. The molecule has 2 aromatic rings. The molecule has 0 fully saturated rings. The van der Waals surface area contributed by atoms with Gasteiger partial charge in [0.15, 0.2) is 6.29 Å². The van der Waals surface area contributed by atoms with Crippen molar-refractivity contribution >= 4 is 11.6 Å². The molecule has 6 nitrogen and oxygen atoms in total. The van der Waals surface area contributed by atoms with Gasteiger partial charge in [0.2, 0.25) is 0 Å². The van der Waals surface area contributed by atoms with E-state index in [9.17, 15) is 22.8 Å². The number of halogens is 4. The average Bonchev–Trinajstić information content (AvgIpc) is 2.49. The number of aromatic nitrogens is 2. The molecule has 130 valence electrons. The first-order chi connectivity index (χ1) is 11.2. The van der Waals surface area contributed by atoms with Crippen LogP contribution in [-0.4, -0.2) is 23.8 Å². The van der Waals surface area contributed by atoms with Gasteiger partial charge in [-0.1, -0.05) is 11.6 Å². The number of benzene rings is 1. The van der Waals surface area contributed by atoms with Gasteiger partial charge in [-0.2, -0.15) is 13.2 Å². The number of ether oxygens (including phenoxy) is 2. The van der Waals surface area contributed by atoms with Crippen molar-refractivity contribution in [2.24, 2.45) is 0 Å². The Morgan fingerprint density at radius 3 is 2.29 bits per heavy atom. The summed E-state index contributed by atoms with van der Waals surface area (Å²) < 4.78 is 48.5. The molecule has 0 radical (unpaired) electrons. The Morgan fingerprint density at radius 2 is 1.79 bits per heavy atom. The van der Waals surface area contributed by atoms with E-state index in [2.05, 4.69) is 0 Å². The summed E-state index contributed by atoms with van der Waals surface area (Å²) in [4.78, 5) is 25.5. The second kappa shape index (κ2) is 6.80. The van der Waals surface area contributed by atoms with E-state index in [0.29, 0.717) is 16.2 Å². The summed E-state index contributed by atoms with van der Waals surface area (Å²) in [6.45, 7) is 0. The van der Waals surface area contributed by atoms with Gasteiger partial charge in [0.05, 0.1) is 5.69 Å². The first-order valence-electron chi connectivity index (χ1n) is 6.48. The van der Waals surface area contributed by atoms with Gasteiger partial charge in [-0.25, -0.2) is 9.36 Å². The fourth-order valence-electron chi connectivity index (χ4n) is 2.09. The van der Waals surface area contributed by atoms with Crippen molar-refractivity contribution in [2.75, 3.05) is 14.2 Å². The van der Waals surface area contributed by atoms with Crippen LogP contribution in [0.3, 0.4) is 0 Å². The normalized spacial score (nSPS) is 12.0. The number of hydrogen-bond donors (Lipinski definition) is 1. The van der Waals surface area contributed by atoms with Crippen LogP contribution in [0.1, 0.15) is 17.5 Å². The second-order valence-electron chi connectivity index (χ2n) is 4.67. The highest BCUT2D eigenvalue weighted by atomic mass is 35.5. The molecule has 0 atom stereocenters. The van der Waals surface area contributed by atoms with Crippen LogP contribution in [0.2, 0.25) is 5.02 Å². The molecular weight excluding hydrogens is 353 g/mol. The molecule has 0 unspecified atom stereocenters. The van der Waals surface area contributed by atoms with Crippen molar-refractivity contribution in [2.45, 2.75) is 12.5 Å². The Kier molecular flexibility index (Phi) is 5.16. The zero-order valence-electron chi connectivity index (χ0n) is 12.5. The van der Waals surface area contributed by atoms with E-state index in [0.717, 1.165) is 0 Å². The predicted octanol–water partition coefficient (Wildman–Crippen LogP) is 2.49. The van der Waals surface area contributed by atoms with Gasteiger partial charge in [-0.05, 0) is 18.2 Å². The first kappa shape index (κ1) is 18.2. The fraction of sp³-hybridized carbons (Fsp3) is 0.286. The topological polar surface area (TPSA) is 73.3 Å². The van der Waals surface area contributed by atoms with Gasteiger partial charge in [0.1, 0.15) is 5.69 Å². The number of methoxy groups -OCH3 is 2. The quantitative estimate of drug-likeness (QED) is 0.846. The van der Waals surface area contributed by atoms with Crippen LogP contribution < -0.4 is 11.2 Å². The van der Waals surface area contributed by atoms with E-state index < -0.39 is 29.4 Å². The third kappa shape index (κ3) is 3.53. The van der Waals surface area contributed by atoms with Gasteiger partial charge >= 0.3 is 11.9 Å². The smallest absolute Gasteiger partial charge is 0.352 e. The van der Waals surface area contributed by atoms with Gasteiger partial charge in [0, 0.05) is 30.9 Å². The minimum absolute atomic E-state index is 0.0217. The summed E-state index contributed by atoms with van der Waals surface area (Å²) in [6, 6.07) is 4.32. The Hall–Kier alpha value is -2.10. The number of aromatic amines is 1. The van der Waals surface area contributed by atoms with Crippen LogP contribution >= 0.6 is 11.6 Å². The van der Waals surface area contributed by atoms with E-state index in [1.54, 1.807) is 4.98 Å². The highest BCUT2D eigenvalue weighted by Crippen LogP contribution is 2.28. The first-order valence-corrected chi connectivity index (χ1v) is 6.85. The van der Waals surface area contributed by atoms with E-state index >= 15 is 0 Å². The van der Waals surface area contributed by atoms with Crippen LogP contribution in [-0.2, 0) is 15.7 Å². The van der Waals surface area contributed by atoms with Crippen molar-refractivity contribution in [3.05, 3.63) is 61.4 Å². The molecule has 1 aromatic carbocycles. The maximum absolute atomic E-state index is 12.6. The molecule has 10 heteroatoms. The van der Waals surface area contributed by atoms with Crippen molar-refractivity contribution in [3.8, 4) is 5.69 Å². The molecule has 1 N–H and O–H groups in total. The van der Waals surface area contributed by atoms with Gasteiger partial charge < -0.3 is 14.5 Å². The third-order valence-corrected chi connectivity index (χ3v) is 3.50. The standard InChI is InChI=1S/C14H12ClF3N2O4/c1-23-12(24-2)8-5-7(3-4-9(8)15)20-11(21)6-10(14(16,17)18)19-13(20)22/h3-6,12H,1-2H3,(H,19,22). The van der Waals surface area contributed by atoms with Crippen LogP contribution in [0.25, 0.3) is 5.69 Å². The fourth-order valence-corrected chi connectivity index (χ4v) is 2.30. The van der Waals surface area contributed by atoms with Crippen molar-refractivity contribution in [1.29, 1.82) is 0 Å². The molecule has 2 rings (SSSR count). The van der Waals surface area contributed by atoms with Crippen molar-refractivity contribution < 1.29 is 22.6 Å². The number of rotatable bonds is 4. The molecule has 0 saturated carbocycles. The van der Waals surface area contributed by atoms with Gasteiger partial charge in [0.25, 0.3) is 5.56 Å². The van der Waals surface area contributed by atoms with E-state index in [1.807, 2.05) is 0 Å². The largest absolute Gasteiger partial charge is 0.431 e. The summed E-state index contributed by atoms with van der Waals surface area (Å²) in [7, 11) is 2.71. The predicted molar refractivity (Wildman–Crippen MR) is 79.4 cm³/mol. The molecule has 0 aliphatic heterocycles. The van der Waals surface area contributed by atoms with E-state index in [1.165, 1.54) is 32.4 Å². The summed E-state index contributed by atoms with van der Waals surface area (Å²) in [5, 5.41) is 0.240. The van der Waals surface area contributed by atoms with Crippen LogP contribution in [0.4, 0.5) is 13.2 Å². The van der Waals surface area contributed by atoms with Crippen molar-refractivity contribution in [1.82, 2.24) is 9.55 Å². The lowest BCUT2D eigenvalue weighted by Crippen LogP contribution is -2.35. The Bertz CT molecular complexity index is 825. The highest BCUT2D eigenvalue weighted by molar-refractivity contribution is 6.31. The zero-order chi connectivity index (χ0) is 18.1. The summed E-state index contributed by atoms with van der Waals surface area (Å²) in [5.41, 5.74) is -3.45. The molecule has 24 heavy (non-hydrogen) atoms. The molecule has 0 aliphatic rings. The summed E-state index contributed by atoms with van der Waals surface area (Å²) in [6.07, 6.45) is -5.71. The van der Waals surface area contributed by atoms with Crippen LogP contribution in [0.5, 0.6) is 0 Å². The SMILES string of the molecule is COC(OC)c1cc(-n2c(=O)cc(C(F)(F)F)[nH]c2=O)ccc1Cl. The lowest BCUT2D eigenvalue weighted by molar-refractivity contribution is -0.141. The Labute approximate surface area is 138 Å². The third-order valence-electron chi connectivity index (χ3n) is 3.16. The van der Waals surface area contributed by atoms with E-state index in [-0.39, 0.29) is 10.7 Å². The molecule has 1 aromatic heterocycles. The number of hydrogen-bond acceptors (Lipinski definition) is 4. The second-order valence-corrected chi connectivity index (χ2v) is 5.08. The van der Waals surface area contributed by atoms with Crippen molar-refractivity contribution in [3.63, 3.8) is 0 Å². The number of alkyl halides is 3. The average molecular weight is 365 g/mol. The number of H-pyrrole nitrogens is 1. The van der Waals surface area contributed by atoms with Gasteiger partial charge in [-0.3, -0.25) is 4.79 Å². The number of nitrogens with zero attached hydrogens (tertiary/aromatic N) is 1. The lowest BCUT2D eigenvalue weighted by atomic mass is 10.2. The number of nitrogens with one attached hydrogen (secondary N) is 1. The zero-order valence-corrected chi connectivity index (χ0v) is 13.2.